The van der Waals surface area contributed by atoms with Gasteiger partial charge in [0.1, 0.15) is 11.4 Å². The molecule has 34 heavy (non-hydrogen) atoms. The van der Waals surface area contributed by atoms with Crippen LogP contribution in [0.1, 0.15) is 36.0 Å². The van der Waals surface area contributed by atoms with Gasteiger partial charge >= 0.3 is 6.18 Å². The minimum Gasteiger partial charge on any atom is -0.351 e. The fourth-order valence-corrected chi connectivity index (χ4v) is 4.83. The molecule has 2 aliphatic carbocycles. The standard InChI is InChI=1S/C24H18F4N6/c25-16-8-15(10-29-11-16)21-32-22-20(24(26,27)28)12-30-34(22)23(33-21)31-17-6-5-14-7-13-3-1-2-4-18(13)19(14)9-17/h1-4,8,10-12,17H,5-7,9H2,(H,31,32,33)/t17-/m1/s1. The van der Waals surface area contributed by atoms with Crippen molar-refractivity contribution in [2.45, 2.75) is 37.9 Å². The van der Waals surface area contributed by atoms with E-state index in [1.807, 2.05) is 12.1 Å². The van der Waals surface area contributed by atoms with Crippen LogP contribution in [-0.2, 0) is 12.6 Å². The van der Waals surface area contributed by atoms with Crippen LogP contribution in [-0.4, -0.2) is 30.6 Å². The van der Waals surface area contributed by atoms with E-state index in [-0.39, 0.29) is 23.4 Å². The highest BCUT2D eigenvalue weighted by Crippen LogP contribution is 2.42. The normalized spacial score (nSPS) is 17.7. The van der Waals surface area contributed by atoms with Crippen molar-refractivity contribution < 1.29 is 17.6 Å². The molecule has 10 heteroatoms. The van der Waals surface area contributed by atoms with Crippen LogP contribution in [0.25, 0.3) is 22.6 Å². The van der Waals surface area contributed by atoms with Gasteiger partial charge in [0.05, 0.1) is 12.4 Å². The summed E-state index contributed by atoms with van der Waals surface area (Å²) in [4.78, 5) is 12.3. The number of nitrogens with zero attached hydrogens (tertiary/aromatic N) is 5. The third-order valence-corrected chi connectivity index (χ3v) is 6.39. The number of fused-ring (bicyclic) bond motifs is 3. The quantitative estimate of drug-likeness (QED) is 0.414. The minimum atomic E-state index is -4.65. The first-order chi connectivity index (χ1) is 16.4. The van der Waals surface area contributed by atoms with Gasteiger partial charge in [-0.25, -0.2) is 9.37 Å². The molecular formula is C24H18F4N6. The lowest BCUT2D eigenvalue weighted by Gasteiger charge is -2.26. The summed E-state index contributed by atoms with van der Waals surface area (Å²) in [6.07, 6.45) is 1.78. The molecule has 3 aromatic heterocycles. The van der Waals surface area contributed by atoms with Gasteiger partial charge in [0.2, 0.25) is 5.95 Å². The minimum absolute atomic E-state index is 0.0555. The number of allylic oxidation sites excluding steroid dienone is 1. The van der Waals surface area contributed by atoms with E-state index in [1.54, 1.807) is 0 Å². The maximum atomic E-state index is 13.8. The first kappa shape index (κ1) is 20.8. The van der Waals surface area contributed by atoms with Gasteiger partial charge in [-0.2, -0.15) is 27.8 Å². The second-order valence-corrected chi connectivity index (χ2v) is 8.55. The molecule has 6 rings (SSSR count). The Hall–Kier alpha value is -3.82. The molecule has 0 unspecified atom stereocenters. The fraction of sp³-hybridized carbons (Fsp3) is 0.250. The van der Waals surface area contributed by atoms with Crippen LogP contribution in [0.3, 0.4) is 0 Å². The third-order valence-electron chi connectivity index (χ3n) is 6.39. The summed E-state index contributed by atoms with van der Waals surface area (Å²) < 4.78 is 55.7. The van der Waals surface area contributed by atoms with Crippen LogP contribution in [0, 0.1) is 5.82 Å². The second kappa shape index (κ2) is 7.61. The summed E-state index contributed by atoms with van der Waals surface area (Å²) in [7, 11) is 0. The predicted molar refractivity (Wildman–Crippen MR) is 117 cm³/mol. The van der Waals surface area contributed by atoms with Crippen LogP contribution in [0.15, 0.2) is 54.5 Å². The summed E-state index contributed by atoms with van der Waals surface area (Å²) in [5.74, 6) is -0.568. The van der Waals surface area contributed by atoms with Crippen molar-refractivity contribution in [1.29, 1.82) is 0 Å². The first-order valence-electron chi connectivity index (χ1n) is 10.9. The van der Waals surface area contributed by atoms with Crippen LogP contribution in [0.4, 0.5) is 23.5 Å². The van der Waals surface area contributed by atoms with Crippen molar-refractivity contribution in [2.75, 3.05) is 5.32 Å². The fourth-order valence-electron chi connectivity index (χ4n) is 4.83. The molecule has 0 aliphatic heterocycles. The zero-order valence-electron chi connectivity index (χ0n) is 17.8. The number of anilines is 1. The van der Waals surface area contributed by atoms with Crippen LogP contribution in [0.5, 0.6) is 0 Å². The predicted octanol–water partition coefficient (Wildman–Crippen LogP) is 5.32. The molecule has 0 fully saturated rings. The molecule has 172 valence electrons. The molecule has 0 bridgehead atoms. The molecule has 0 radical (unpaired) electrons. The number of alkyl halides is 3. The van der Waals surface area contributed by atoms with Crippen molar-refractivity contribution in [3.8, 4) is 11.4 Å². The van der Waals surface area contributed by atoms with Gasteiger partial charge in [-0.15, -0.1) is 0 Å². The lowest BCUT2D eigenvalue weighted by atomic mass is 9.88. The molecule has 1 N–H and O–H groups in total. The SMILES string of the molecule is Fc1cncc(-c2nc(N[C@@H]3CCC4=C(C3)c3ccccc3C4)n3ncc(C(F)(F)F)c3n2)c1. The molecule has 0 saturated carbocycles. The highest BCUT2D eigenvalue weighted by atomic mass is 19.4. The average molecular weight is 466 g/mol. The second-order valence-electron chi connectivity index (χ2n) is 8.55. The summed E-state index contributed by atoms with van der Waals surface area (Å²) in [6.45, 7) is 0. The molecule has 0 amide bonds. The van der Waals surface area contributed by atoms with Gasteiger partial charge in [0, 0.05) is 17.8 Å². The van der Waals surface area contributed by atoms with Crippen LogP contribution in [0.2, 0.25) is 0 Å². The van der Waals surface area contributed by atoms with Crippen LogP contribution < -0.4 is 5.32 Å². The molecule has 6 nitrogen and oxygen atoms in total. The Morgan fingerprint density at radius 1 is 1.06 bits per heavy atom. The molecule has 4 aromatic rings. The number of halogens is 4. The maximum absolute atomic E-state index is 13.8. The molecular weight excluding hydrogens is 448 g/mol. The Morgan fingerprint density at radius 3 is 2.74 bits per heavy atom. The van der Waals surface area contributed by atoms with Gasteiger partial charge in [-0.3, -0.25) is 4.98 Å². The number of hydrogen-bond donors (Lipinski definition) is 1. The highest BCUT2D eigenvalue weighted by Gasteiger charge is 2.36. The topological polar surface area (TPSA) is 68.0 Å². The van der Waals surface area contributed by atoms with E-state index < -0.39 is 23.2 Å². The van der Waals surface area contributed by atoms with E-state index in [9.17, 15) is 17.6 Å². The number of rotatable bonds is 3. The molecule has 3 heterocycles. The molecule has 0 saturated heterocycles. The van der Waals surface area contributed by atoms with E-state index in [1.165, 1.54) is 28.5 Å². The smallest absolute Gasteiger partial charge is 0.351 e. The zero-order valence-corrected chi connectivity index (χ0v) is 17.8. The van der Waals surface area contributed by atoms with Crippen molar-refractivity contribution >= 4 is 17.2 Å². The molecule has 1 atom stereocenters. The Bertz CT molecular complexity index is 1460. The number of hydrogen-bond acceptors (Lipinski definition) is 5. The first-order valence-corrected chi connectivity index (χ1v) is 10.9. The Kier molecular flexibility index (Phi) is 4.65. The third kappa shape index (κ3) is 3.49. The van der Waals surface area contributed by atoms with Gasteiger partial charge in [-0.1, -0.05) is 29.8 Å². The summed E-state index contributed by atoms with van der Waals surface area (Å²) >= 11 is 0. The molecule has 1 aromatic carbocycles. The summed E-state index contributed by atoms with van der Waals surface area (Å²) in [5, 5.41) is 7.20. The van der Waals surface area contributed by atoms with E-state index in [2.05, 4.69) is 37.5 Å². The number of nitrogens with one attached hydrogen (secondary N) is 1. The number of aromatic nitrogens is 5. The summed E-state index contributed by atoms with van der Waals surface area (Å²) in [5.41, 5.74) is 4.04. The Balaban J connectivity index is 1.40. The van der Waals surface area contributed by atoms with Crippen molar-refractivity contribution in [1.82, 2.24) is 24.6 Å². The van der Waals surface area contributed by atoms with E-state index in [4.69, 9.17) is 0 Å². The van der Waals surface area contributed by atoms with E-state index in [0.29, 0.717) is 0 Å². The number of pyridine rings is 1. The highest BCUT2D eigenvalue weighted by molar-refractivity contribution is 5.77. The lowest BCUT2D eigenvalue weighted by Crippen LogP contribution is -2.25. The number of benzene rings is 1. The zero-order chi connectivity index (χ0) is 23.4. The van der Waals surface area contributed by atoms with E-state index >= 15 is 0 Å². The van der Waals surface area contributed by atoms with Gasteiger partial charge in [-0.05, 0) is 48.4 Å². The van der Waals surface area contributed by atoms with Crippen molar-refractivity contribution in [3.05, 3.63) is 77.0 Å². The van der Waals surface area contributed by atoms with Crippen molar-refractivity contribution in [3.63, 3.8) is 0 Å². The molecule has 2 aliphatic rings. The van der Waals surface area contributed by atoms with E-state index in [0.717, 1.165) is 48.7 Å². The Morgan fingerprint density at radius 2 is 1.91 bits per heavy atom. The maximum Gasteiger partial charge on any atom is 0.421 e. The van der Waals surface area contributed by atoms with Gasteiger partial charge in [0.15, 0.2) is 11.5 Å². The summed E-state index contributed by atoms with van der Waals surface area (Å²) in [6, 6.07) is 9.37. The van der Waals surface area contributed by atoms with Crippen molar-refractivity contribution in [2.24, 2.45) is 0 Å². The van der Waals surface area contributed by atoms with Gasteiger partial charge in [0.25, 0.3) is 0 Å². The lowest BCUT2D eigenvalue weighted by molar-refractivity contribution is -0.136. The average Bonchev–Trinajstić information content (AvgIpc) is 3.41. The van der Waals surface area contributed by atoms with Gasteiger partial charge < -0.3 is 5.32 Å². The largest absolute Gasteiger partial charge is 0.421 e. The van der Waals surface area contributed by atoms with Crippen LogP contribution >= 0.6 is 0 Å². The Labute approximate surface area is 191 Å². The molecule has 0 spiro atoms. The monoisotopic (exact) mass is 466 g/mol.